The molecule has 0 spiro atoms. The molecule has 0 saturated heterocycles. The van der Waals surface area contributed by atoms with Crippen molar-refractivity contribution in [2.24, 2.45) is 0 Å². The molecule has 0 saturated carbocycles. The van der Waals surface area contributed by atoms with E-state index in [1.165, 1.54) is 0 Å². The van der Waals surface area contributed by atoms with Crippen LogP contribution in [0.2, 0.25) is 0 Å². The van der Waals surface area contributed by atoms with Crippen molar-refractivity contribution in [3.8, 4) is 0 Å². The van der Waals surface area contributed by atoms with Crippen molar-refractivity contribution in [3.63, 3.8) is 0 Å². The molecule has 0 radical (unpaired) electrons. The molecule has 0 rings (SSSR count). The number of amides is 2. The zero-order valence-electron chi connectivity index (χ0n) is 15.6. The normalized spacial score (nSPS) is 15.6. The van der Waals surface area contributed by atoms with Crippen molar-refractivity contribution in [1.29, 1.82) is 0 Å². The quantitative estimate of drug-likeness (QED) is 0.131. The minimum Gasteiger partial charge on any atom is -0.396 e. The third kappa shape index (κ3) is 13.5. The van der Waals surface area contributed by atoms with Crippen LogP contribution >= 0.6 is 0 Å². The predicted molar refractivity (Wildman–Crippen MR) is 96.5 cm³/mol. The number of hydrogen-bond acceptors (Lipinski definition) is 8. The van der Waals surface area contributed by atoms with Gasteiger partial charge in [-0.3, -0.25) is 9.59 Å². The molecule has 160 valence electrons. The fraction of sp³-hybridized carbons (Fsp3) is 0.882. The standard InChI is InChI=1S/C17H34N2O8/c20-9-7-13(23)17(27)14(24)10-19-16(26)6-3-5-15(25)18-8-2-1-4-12(22)11-21/h12-14,17,20-24,27H,1-11H2,(H,18,25)(H,19,26)/t12?,13-,14+,17+/m1/s1. The van der Waals surface area contributed by atoms with Crippen LogP contribution < -0.4 is 10.6 Å². The molecule has 0 aliphatic carbocycles. The van der Waals surface area contributed by atoms with Gasteiger partial charge in [0.05, 0.1) is 24.9 Å². The summed E-state index contributed by atoms with van der Waals surface area (Å²) in [5, 5.41) is 60.3. The molecule has 4 atom stereocenters. The Morgan fingerprint density at radius 3 is 2.00 bits per heavy atom. The maximum absolute atomic E-state index is 11.7. The number of rotatable bonds is 16. The van der Waals surface area contributed by atoms with Gasteiger partial charge >= 0.3 is 0 Å². The summed E-state index contributed by atoms with van der Waals surface area (Å²) in [4.78, 5) is 23.3. The SMILES string of the molecule is O=C(CCCC(=O)NC[C@H](O)[C@@H](O)[C@H](O)CCO)NCCCCC(O)CO. The van der Waals surface area contributed by atoms with Gasteiger partial charge in [-0.2, -0.15) is 0 Å². The average Bonchev–Trinajstić information content (AvgIpc) is 2.65. The second kappa shape index (κ2) is 15.7. The number of hydrogen-bond donors (Lipinski definition) is 8. The predicted octanol–water partition coefficient (Wildman–Crippen LogP) is -2.62. The van der Waals surface area contributed by atoms with E-state index in [0.29, 0.717) is 32.2 Å². The van der Waals surface area contributed by atoms with Crippen molar-refractivity contribution in [1.82, 2.24) is 10.6 Å². The van der Waals surface area contributed by atoms with Gasteiger partial charge in [-0.05, 0) is 32.1 Å². The molecule has 2 amide bonds. The Morgan fingerprint density at radius 1 is 0.778 bits per heavy atom. The zero-order valence-corrected chi connectivity index (χ0v) is 15.6. The summed E-state index contributed by atoms with van der Waals surface area (Å²) >= 11 is 0. The van der Waals surface area contributed by atoms with E-state index in [9.17, 15) is 24.9 Å². The first kappa shape index (κ1) is 25.7. The van der Waals surface area contributed by atoms with Gasteiger partial charge < -0.3 is 41.3 Å². The molecule has 10 nitrogen and oxygen atoms in total. The molecule has 1 unspecified atom stereocenters. The first-order valence-electron chi connectivity index (χ1n) is 9.29. The summed E-state index contributed by atoms with van der Waals surface area (Å²) in [6.07, 6.45) is -2.48. The summed E-state index contributed by atoms with van der Waals surface area (Å²) in [6.45, 7) is -0.380. The van der Waals surface area contributed by atoms with Crippen LogP contribution in [0.25, 0.3) is 0 Å². The van der Waals surface area contributed by atoms with E-state index in [0.717, 1.165) is 0 Å². The van der Waals surface area contributed by atoms with Crippen LogP contribution in [0.4, 0.5) is 0 Å². The Morgan fingerprint density at radius 2 is 1.41 bits per heavy atom. The molecule has 0 aromatic carbocycles. The molecule has 0 aliphatic heterocycles. The van der Waals surface area contributed by atoms with Gasteiger partial charge in [0.25, 0.3) is 0 Å². The van der Waals surface area contributed by atoms with Gasteiger partial charge in [-0.25, -0.2) is 0 Å². The highest BCUT2D eigenvalue weighted by Crippen LogP contribution is 2.04. The monoisotopic (exact) mass is 394 g/mol. The molecule has 0 bridgehead atoms. The van der Waals surface area contributed by atoms with E-state index in [1.807, 2.05) is 0 Å². The number of unbranched alkanes of at least 4 members (excludes halogenated alkanes) is 1. The maximum Gasteiger partial charge on any atom is 0.220 e. The lowest BCUT2D eigenvalue weighted by Crippen LogP contribution is -2.44. The fourth-order valence-electron chi connectivity index (χ4n) is 2.31. The van der Waals surface area contributed by atoms with E-state index in [1.54, 1.807) is 0 Å². The highest BCUT2D eigenvalue weighted by atomic mass is 16.4. The summed E-state index contributed by atoms with van der Waals surface area (Å²) in [7, 11) is 0. The number of carbonyl (C=O) groups is 2. The van der Waals surface area contributed by atoms with Crippen LogP contribution in [-0.4, -0.2) is 93.2 Å². The smallest absolute Gasteiger partial charge is 0.220 e. The van der Waals surface area contributed by atoms with E-state index < -0.39 is 24.4 Å². The van der Waals surface area contributed by atoms with Crippen molar-refractivity contribution in [3.05, 3.63) is 0 Å². The van der Waals surface area contributed by atoms with Crippen molar-refractivity contribution >= 4 is 11.8 Å². The highest BCUT2D eigenvalue weighted by molar-refractivity contribution is 5.78. The van der Waals surface area contributed by atoms with Gasteiger partial charge in [-0.15, -0.1) is 0 Å². The Balaban J connectivity index is 3.74. The molecular weight excluding hydrogens is 360 g/mol. The number of nitrogens with one attached hydrogen (secondary N) is 2. The Kier molecular flexibility index (Phi) is 15.0. The summed E-state index contributed by atoms with van der Waals surface area (Å²) in [6, 6.07) is 0. The van der Waals surface area contributed by atoms with Crippen LogP contribution in [0.3, 0.4) is 0 Å². The summed E-state index contributed by atoms with van der Waals surface area (Å²) in [5.74, 6) is -0.572. The maximum atomic E-state index is 11.7. The van der Waals surface area contributed by atoms with Crippen LogP contribution in [0.1, 0.15) is 44.9 Å². The van der Waals surface area contributed by atoms with Crippen LogP contribution in [0.5, 0.6) is 0 Å². The number of aliphatic hydroxyl groups is 6. The van der Waals surface area contributed by atoms with Crippen molar-refractivity contribution in [2.45, 2.75) is 69.4 Å². The molecule has 0 heterocycles. The molecule has 0 aliphatic rings. The summed E-state index contributed by atoms with van der Waals surface area (Å²) < 4.78 is 0. The van der Waals surface area contributed by atoms with E-state index in [4.69, 9.17) is 15.3 Å². The van der Waals surface area contributed by atoms with Gasteiger partial charge in [-0.1, -0.05) is 0 Å². The molecule has 0 aromatic rings. The van der Waals surface area contributed by atoms with Crippen molar-refractivity contribution < 1.29 is 40.2 Å². The minimum atomic E-state index is -1.47. The molecular formula is C17H34N2O8. The van der Waals surface area contributed by atoms with E-state index >= 15 is 0 Å². The lowest BCUT2D eigenvalue weighted by atomic mass is 10.1. The third-order valence-corrected chi connectivity index (χ3v) is 4.03. The molecule has 0 fully saturated rings. The molecule has 27 heavy (non-hydrogen) atoms. The Bertz CT molecular complexity index is 410. The lowest BCUT2D eigenvalue weighted by Gasteiger charge is -2.22. The Labute approximate surface area is 159 Å². The van der Waals surface area contributed by atoms with Crippen LogP contribution in [-0.2, 0) is 9.59 Å². The topological polar surface area (TPSA) is 180 Å². The van der Waals surface area contributed by atoms with Crippen LogP contribution in [0.15, 0.2) is 0 Å². The largest absolute Gasteiger partial charge is 0.396 e. The second-order valence-corrected chi connectivity index (χ2v) is 6.48. The van der Waals surface area contributed by atoms with Gasteiger partial charge in [0.2, 0.25) is 11.8 Å². The first-order chi connectivity index (χ1) is 12.8. The Hall–Kier alpha value is -1.30. The zero-order chi connectivity index (χ0) is 20.7. The van der Waals surface area contributed by atoms with Crippen LogP contribution in [0, 0.1) is 0 Å². The van der Waals surface area contributed by atoms with Gasteiger partial charge in [0, 0.05) is 32.5 Å². The molecule has 10 heteroatoms. The second-order valence-electron chi connectivity index (χ2n) is 6.48. The van der Waals surface area contributed by atoms with E-state index in [-0.39, 0.29) is 50.8 Å². The fourth-order valence-corrected chi connectivity index (χ4v) is 2.31. The number of carbonyl (C=O) groups excluding carboxylic acids is 2. The lowest BCUT2D eigenvalue weighted by molar-refractivity contribution is -0.123. The molecule has 8 N–H and O–H groups in total. The van der Waals surface area contributed by atoms with Gasteiger partial charge in [0.15, 0.2) is 0 Å². The molecule has 0 aromatic heterocycles. The average molecular weight is 394 g/mol. The van der Waals surface area contributed by atoms with E-state index in [2.05, 4.69) is 10.6 Å². The third-order valence-electron chi connectivity index (χ3n) is 4.03. The van der Waals surface area contributed by atoms with Gasteiger partial charge in [0.1, 0.15) is 6.10 Å². The number of aliphatic hydroxyl groups excluding tert-OH is 6. The summed E-state index contributed by atoms with van der Waals surface area (Å²) in [5.41, 5.74) is 0. The van der Waals surface area contributed by atoms with Crippen molar-refractivity contribution in [2.75, 3.05) is 26.3 Å². The highest BCUT2D eigenvalue weighted by Gasteiger charge is 2.24. The first-order valence-corrected chi connectivity index (χ1v) is 9.29. The minimum absolute atomic E-state index is 0.0801.